The van der Waals surface area contributed by atoms with Crippen molar-refractivity contribution in [3.05, 3.63) is 6.33 Å². The minimum Gasteiger partial charge on any atom is -0.176 e. The fourth-order valence-electron chi connectivity index (χ4n) is 0.470. The molecule has 0 radical (unpaired) electrons. The minimum atomic E-state index is 0.470. The van der Waals surface area contributed by atoms with Gasteiger partial charge in [0, 0.05) is 0 Å². The highest BCUT2D eigenvalue weighted by atomic mass is 32.2. The van der Waals surface area contributed by atoms with Crippen LogP contribution in [0, 0.1) is 0 Å². The van der Waals surface area contributed by atoms with E-state index in [2.05, 4.69) is 36.1 Å². The summed E-state index contributed by atoms with van der Waals surface area (Å²) in [6, 6.07) is 0. The Morgan fingerprint density at radius 3 is 3.18 bits per heavy atom. The molecule has 11 heavy (non-hydrogen) atoms. The molecule has 0 saturated carbocycles. The van der Waals surface area contributed by atoms with Gasteiger partial charge in [-0.15, -0.1) is 10.2 Å². The molecule has 0 spiro atoms. The zero-order chi connectivity index (χ0) is 7.52. The maximum atomic E-state index is 3.69. The van der Waals surface area contributed by atoms with Crippen LogP contribution in [-0.2, 0) is 0 Å². The van der Waals surface area contributed by atoms with Crippen LogP contribution in [0.15, 0.2) is 11.5 Å². The zero-order valence-electron chi connectivity index (χ0n) is 5.12. The molecule has 1 N–H and O–H groups in total. The lowest BCUT2D eigenvalue weighted by Crippen LogP contribution is -1.88. The summed E-state index contributed by atoms with van der Waals surface area (Å²) >= 11 is 1.17. The predicted octanol–water partition coefficient (Wildman–Crippen LogP) is -1.26. The Morgan fingerprint density at radius 2 is 2.55 bits per heavy atom. The molecule has 0 fully saturated rings. The largest absolute Gasteiger partial charge is 0.253 e. The molecule has 0 atom stereocenters. The number of hydrogen-bond donors (Lipinski definition) is 1. The van der Waals surface area contributed by atoms with Crippen LogP contribution >= 0.6 is 11.9 Å². The molecule has 0 aliphatic heterocycles. The number of nitrogens with one attached hydrogen (secondary N) is 1. The van der Waals surface area contributed by atoms with Crippen molar-refractivity contribution in [2.75, 3.05) is 0 Å². The fourth-order valence-corrected chi connectivity index (χ4v) is 0.954. The molecule has 0 aliphatic rings. The number of aromatic nitrogens is 8. The smallest absolute Gasteiger partial charge is 0.176 e. The van der Waals surface area contributed by atoms with E-state index in [9.17, 15) is 0 Å². The van der Waals surface area contributed by atoms with Gasteiger partial charge in [-0.3, -0.25) is 0 Å². The van der Waals surface area contributed by atoms with Crippen LogP contribution in [0.25, 0.3) is 0 Å². The summed E-state index contributed by atoms with van der Waals surface area (Å²) in [4.78, 5) is 0. The van der Waals surface area contributed by atoms with Gasteiger partial charge in [-0.25, -0.2) is 0 Å². The van der Waals surface area contributed by atoms with E-state index >= 15 is 0 Å². The molecule has 0 amide bonds. The van der Waals surface area contributed by atoms with Gasteiger partial charge in [-0.05, 0) is 15.6 Å². The van der Waals surface area contributed by atoms with E-state index in [1.165, 1.54) is 22.4 Å². The average Bonchev–Trinajstić information content (AvgIpc) is 2.60. The van der Waals surface area contributed by atoms with Crippen LogP contribution in [0.2, 0.25) is 0 Å². The van der Waals surface area contributed by atoms with E-state index in [1.54, 1.807) is 0 Å². The number of aromatic amines is 1. The number of tetrazole rings is 2. The van der Waals surface area contributed by atoms with Crippen LogP contribution < -0.4 is 0 Å². The van der Waals surface area contributed by atoms with Gasteiger partial charge >= 0.3 is 0 Å². The Kier molecular flexibility index (Phi) is 1.48. The number of H-pyrrole nitrogens is 1. The Morgan fingerprint density at radius 1 is 1.55 bits per heavy atom. The lowest BCUT2D eigenvalue weighted by atomic mass is 11.4. The zero-order valence-corrected chi connectivity index (χ0v) is 5.93. The molecule has 0 unspecified atom stereocenters. The molecule has 56 valence electrons. The molecule has 9 heteroatoms. The quantitative estimate of drug-likeness (QED) is 0.600. The van der Waals surface area contributed by atoms with Crippen LogP contribution in [0.5, 0.6) is 0 Å². The van der Waals surface area contributed by atoms with Gasteiger partial charge < -0.3 is 0 Å². The van der Waals surface area contributed by atoms with E-state index < -0.39 is 0 Å². The molecule has 0 bridgehead atoms. The highest BCUT2D eigenvalue weighted by Crippen LogP contribution is 2.09. The summed E-state index contributed by atoms with van der Waals surface area (Å²) in [5, 5.41) is 24.0. The van der Waals surface area contributed by atoms with Crippen molar-refractivity contribution in [2.24, 2.45) is 0 Å². The van der Waals surface area contributed by atoms with Crippen molar-refractivity contribution in [3.8, 4) is 0 Å². The van der Waals surface area contributed by atoms with Crippen molar-refractivity contribution < 1.29 is 0 Å². The third-order valence-electron chi connectivity index (χ3n) is 0.831. The van der Waals surface area contributed by atoms with Crippen molar-refractivity contribution in [3.63, 3.8) is 0 Å². The van der Waals surface area contributed by atoms with Gasteiger partial charge in [0.15, 0.2) is 6.33 Å². The average molecular weight is 170 g/mol. The molecule has 0 aliphatic carbocycles. The summed E-state index contributed by atoms with van der Waals surface area (Å²) in [6.07, 6.45) is 1.45. The topological polar surface area (TPSA) is 98.1 Å². The lowest BCUT2D eigenvalue weighted by Gasteiger charge is -1.87. The Balaban J connectivity index is 2.14. The van der Waals surface area contributed by atoms with Gasteiger partial charge in [-0.1, -0.05) is 5.10 Å². The normalized spacial score (nSPS) is 10.2. The number of hydrogen-bond acceptors (Lipinski definition) is 7. The summed E-state index contributed by atoms with van der Waals surface area (Å²) in [7, 11) is 0. The van der Waals surface area contributed by atoms with E-state index in [1.807, 2.05) is 0 Å². The highest BCUT2D eigenvalue weighted by molar-refractivity contribution is 7.97. The van der Waals surface area contributed by atoms with Crippen LogP contribution in [0.4, 0.5) is 0 Å². The number of nitrogens with zero attached hydrogens (tertiary/aromatic N) is 7. The molecule has 0 saturated heterocycles. The van der Waals surface area contributed by atoms with Crippen molar-refractivity contribution in [1.29, 1.82) is 0 Å². The molecule has 2 rings (SSSR count). The molecule has 0 aromatic carbocycles. The predicted molar refractivity (Wildman–Crippen MR) is 33.2 cm³/mol. The maximum Gasteiger partial charge on any atom is 0.253 e. The molecule has 2 aromatic heterocycles. The van der Waals surface area contributed by atoms with Crippen molar-refractivity contribution >= 4 is 11.9 Å². The van der Waals surface area contributed by atoms with Gasteiger partial charge in [0.2, 0.25) is 0 Å². The standard InChI is InChI=1S/C2H2N8S/c1-3-6-9-10(1)11-2-4-7-8-5-2/h1H,(H,4,5,7,8). The Hall–Kier alpha value is -1.51. The third kappa shape index (κ3) is 1.32. The van der Waals surface area contributed by atoms with Crippen molar-refractivity contribution in [1.82, 2.24) is 40.2 Å². The van der Waals surface area contributed by atoms with E-state index in [0.717, 1.165) is 0 Å². The third-order valence-corrected chi connectivity index (χ3v) is 1.52. The summed E-state index contributed by atoms with van der Waals surface area (Å²) in [5.74, 6) is 0. The first-order chi connectivity index (χ1) is 5.45. The first-order valence-electron chi connectivity index (χ1n) is 2.60. The Bertz CT molecular complexity index is 264. The second-order valence-corrected chi connectivity index (χ2v) is 2.42. The summed E-state index contributed by atoms with van der Waals surface area (Å²) < 4.78 is 1.42. The summed E-state index contributed by atoms with van der Waals surface area (Å²) in [5.41, 5.74) is 0. The summed E-state index contributed by atoms with van der Waals surface area (Å²) in [6.45, 7) is 0. The fraction of sp³-hybridized carbons (Fsp3) is 0. The maximum absolute atomic E-state index is 3.69. The Labute approximate surface area is 64.5 Å². The lowest BCUT2D eigenvalue weighted by molar-refractivity contribution is 0.845. The first-order valence-corrected chi connectivity index (χ1v) is 3.37. The molecule has 2 heterocycles. The highest BCUT2D eigenvalue weighted by Gasteiger charge is 2.00. The van der Waals surface area contributed by atoms with E-state index in [0.29, 0.717) is 5.16 Å². The van der Waals surface area contributed by atoms with Crippen LogP contribution in [-0.4, -0.2) is 40.2 Å². The monoisotopic (exact) mass is 170 g/mol. The molecular formula is C2H2N8S. The van der Waals surface area contributed by atoms with Gasteiger partial charge in [0.05, 0.1) is 11.9 Å². The second kappa shape index (κ2) is 2.62. The minimum absolute atomic E-state index is 0.470. The first kappa shape index (κ1) is 6.22. The SMILES string of the molecule is c1nnnn1Sc1nn[nH]n1. The molecular weight excluding hydrogens is 168 g/mol. The van der Waals surface area contributed by atoms with Crippen molar-refractivity contribution in [2.45, 2.75) is 5.16 Å². The number of rotatable bonds is 2. The molecule has 2 aromatic rings. The van der Waals surface area contributed by atoms with E-state index in [4.69, 9.17) is 0 Å². The molecule has 8 nitrogen and oxygen atoms in total. The van der Waals surface area contributed by atoms with Gasteiger partial charge in [0.25, 0.3) is 5.16 Å². The van der Waals surface area contributed by atoms with E-state index in [-0.39, 0.29) is 0 Å². The van der Waals surface area contributed by atoms with Gasteiger partial charge in [0.1, 0.15) is 0 Å². The second-order valence-electron chi connectivity index (χ2n) is 1.50. The van der Waals surface area contributed by atoms with Crippen LogP contribution in [0.1, 0.15) is 0 Å². The van der Waals surface area contributed by atoms with Crippen LogP contribution in [0.3, 0.4) is 0 Å². The van der Waals surface area contributed by atoms with Gasteiger partial charge in [-0.2, -0.15) is 9.30 Å².